The third-order valence-corrected chi connectivity index (χ3v) is 7.45. The number of fused-ring (bicyclic) bond motifs is 2. The largest absolute Gasteiger partial charge is 0.478 e. The van der Waals surface area contributed by atoms with Gasteiger partial charge in [0.1, 0.15) is 0 Å². The zero-order valence-corrected chi connectivity index (χ0v) is 18.2. The van der Waals surface area contributed by atoms with E-state index in [-0.39, 0.29) is 5.78 Å². The van der Waals surface area contributed by atoms with Crippen molar-refractivity contribution in [3.05, 3.63) is 64.1 Å². The lowest BCUT2D eigenvalue weighted by Crippen LogP contribution is -2.29. The number of carboxylic acids is 2. The molecule has 0 amide bonds. The van der Waals surface area contributed by atoms with Crippen LogP contribution in [-0.4, -0.2) is 53.0 Å². The Morgan fingerprint density at radius 3 is 2.37 bits per heavy atom. The molecule has 0 radical (unpaired) electrons. The molecule has 2 aliphatic rings. The molecule has 1 aromatic heterocycles. The summed E-state index contributed by atoms with van der Waals surface area (Å²) in [5.41, 5.74) is 4.43. The van der Waals surface area contributed by atoms with Gasteiger partial charge in [0, 0.05) is 29.0 Å². The zero-order chi connectivity index (χ0) is 21.7. The number of aliphatic carboxylic acids is 2. The molecule has 1 fully saturated rings. The van der Waals surface area contributed by atoms with Crippen LogP contribution in [-0.2, 0) is 15.3 Å². The summed E-state index contributed by atoms with van der Waals surface area (Å²) >= 11 is 3.49. The van der Waals surface area contributed by atoms with Crippen molar-refractivity contribution in [1.82, 2.24) is 4.90 Å². The van der Waals surface area contributed by atoms with Gasteiger partial charge in [0.25, 0.3) is 0 Å². The van der Waals surface area contributed by atoms with E-state index in [1.807, 2.05) is 23.2 Å². The van der Waals surface area contributed by atoms with Crippen LogP contribution in [0.2, 0.25) is 0 Å². The number of hydrogen-bond donors (Lipinski definition) is 2. The van der Waals surface area contributed by atoms with E-state index >= 15 is 0 Å². The molecular weight excluding hydrogens is 422 g/mol. The molecule has 4 rings (SSSR count). The number of thiophene rings is 1. The lowest BCUT2D eigenvalue weighted by molar-refractivity contribution is -0.134. The van der Waals surface area contributed by atoms with E-state index in [0.717, 1.165) is 16.9 Å². The van der Waals surface area contributed by atoms with E-state index < -0.39 is 11.9 Å². The molecule has 0 unspecified atom stereocenters. The molecule has 0 saturated carbocycles. The summed E-state index contributed by atoms with van der Waals surface area (Å²) in [6.45, 7) is 2.35. The van der Waals surface area contributed by atoms with Crippen LogP contribution in [0.5, 0.6) is 0 Å². The Labute approximate surface area is 183 Å². The summed E-state index contributed by atoms with van der Waals surface area (Å²) < 4.78 is 1.17. The zero-order valence-electron chi connectivity index (χ0n) is 16.5. The molecule has 2 N–H and O–H groups in total. The average molecular weight is 446 g/mol. The maximum absolute atomic E-state index is 12.7. The highest BCUT2D eigenvalue weighted by atomic mass is 32.2. The van der Waals surface area contributed by atoms with Gasteiger partial charge in [-0.3, -0.25) is 4.79 Å². The summed E-state index contributed by atoms with van der Waals surface area (Å²) in [5.74, 6) is -0.750. The topological polar surface area (TPSA) is 94.9 Å². The standard InChI is InChI=1S/C18H19NOS2.C4H4O4/c1-19-7-4-12(5-8-19)13-2-3-15-14(10-13)11-22-18-16(17(15)20)6-9-21-18;5-3(6)1-2-4(7)8/h2-3,6,9-10,12H,4-5,7-8,11H2,1H3;1-2H,(H,5,6)(H,7,8). The van der Waals surface area contributed by atoms with Crippen molar-refractivity contribution in [3.8, 4) is 0 Å². The minimum absolute atomic E-state index is 0.200. The minimum atomic E-state index is -1.26. The van der Waals surface area contributed by atoms with Gasteiger partial charge < -0.3 is 15.1 Å². The van der Waals surface area contributed by atoms with E-state index in [2.05, 4.69) is 30.1 Å². The van der Waals surface area contributed by atoms with Crippen LogP contribution in [0.15, 0.2) is 46.0 Å². The molecule has 3 heterocycles. The molecule has 0 bridgehead atoms. The number of likely N-dealkylation sites (tertiary alicyclic amines) is 1. The fraction of sp³-hybridized carbons (Fsp3) is 0.318. The fourth-order valence-electron chi connectivity index (χ4n) is 3.56. The molecule has 1 aromatic carbocycles. The molecule has 2 aliphatic heterocycles. The highest BCUT2D eigenvalue weighted by molar-refractivity contribution is 8.00. The molecule has 8 heteroatoms. The van der Waals surface area contributed by atoms with E-state index in [1.165, 1.54) is 41.3 Å². The third kappa shape index (κ3) is 5.59. The second kappa shape index (κ2) is 10.1. The van der Waals surface area contributed by atoms with Crippen LogP contribution in [0, 0.1) is 0 Å². The highest BCUT2D eigenvalue weighted by Gasteiger charge is 2.24. The van der Waals surface area contributed by atoms with E-state index in [0.29, 0.717) is 18.1 Å². The van der Waals surface area contributed by atoms with Crippen molar-refractivity contribution < 1.29 is 24.6 Å². The van der Waals surface area contributed by atoms with Crippen LogP contribution >= 0.6 is 23.1 Å². The van der Waals surface area contributed by atoms with Crippen molar-refractivity contribution in [1.29, 1.82) is 0 Å². The van der Waals surface area contributed by atoms with Crippen molar-refractivity contribution in [2.24, 2.45) is 0 Å². The van der Waals surface area contributed by atoms with Crippen molar-refractivity contribution in [2.75, 3.05) is 20.1 Å². The molecule has 30 heavy (non-hydrogen) atoms. The SMILES string of the molecule is CN1CCC(c2ccc3c(c2)CSc2sccc2C3=O)CC1.O=C(O)C=CC(=O)O. The van der Waals surface area contributed by atoms with Crippen LogP contribution in [0.3, 0.4) is 0 Å². The maximum Gasteiger partial charge on any atom is 0.328 e. The first-order chi connectivity index (χ1) is 14.3. The van der Waals surface area contributed by atoms with Gasteiger partial charge in [-0.25, -0.2) is 9.59 Å². The Morgan fingerprint density at radius 2 is 1.73 bits per heavy atom. The number of carboxylic acid groups (broad SMARTS) is 2. The summed E-state index contributed by atoms with van der Waals surface area (Å²) in [7, 11) is 2.20. The Hall–Kier alpha value is -2.42. The molecular formula is C22H23NO5S2. The van der Waals surface area contributed by atoms with Crippen LogP contribution in [0.4, 0.5) is 0 Å². The van der Waals surface area contributed by atoms with Gasteiger partial charge in [0.2, 0.25) is 0 Å². The second-order valence-corrected chi connectivity index (χ2v) is 9.40. The van der Waals surface area contributed by atoms with Crippen molar-refractivity contribution >= 4 is 40.8 Å². The van der Waals surface area contributed by atoms with Gasteiger partial charge in [-0.1, -0.05) is 18.2 Å². The number of benzene rings is 1. The lowest BCUT2D eigenvalue weighted by Gasteiger charge is -2.29. The first-order valence-electron chi connectivity index (χ1n) is 9.55. The fourth-order valence-corrected chi connectivity index (χ4v) is 5.63. The van der Waals surface area contributed by atoms with Gasteiger partial charge in [-0.05, 0) is 61.5 Å². The van der Waals surface area contributed by atoms with Crippen LogP contribution in [0.1, 0.15) is 45.8 Å². The highest BCUT2D eigenvalue weighted by Crippen LogP contribution is 2.38. The first-order valence-corrected chi connectivity index (χ1v) is 11.4. The van der Waals surface area contributed by atoms with E-state index in [1.54, 1.807) is 11.3 Å². The third-order valence-electron chi connectivity index (χ3n) is 5.17. The predicted molar refractivity (Wildman–Crippen MR) is 118 cm³/mol. The molecule has 0 spiro atoms. The molecule has 6 nitrogen and oxygen atoms in total. The minimum Gasteiger partial charge on any atom is -0.478 e. The number of nitrogens with zero attached hydrogens (tertiary/aromatic N) is 1. The van der Waals surface area contributed by atoms with Gasteiger partial charge in [-0.15, -0.1) is 23.1 Å². The van der Waals surface area contributed by atoms with Crippen molar-refractivity contribution in [2.45, 2.75) is 28.7 Å². The number of thioether (sulfide) groups is 1. The maximum atomic E-state index is 12.7. The summed E-state index contributed by atoms with van der Waals surface area (Å²) in [4.78, 5) is 34.2. The number of carbonyl (C=O) groups excluding carboxylic acids is 1. The predicted octanol–water partition coefficient (Wildman–Crippen LogP) is 4.11. The number of ketones is 1. The normalized spacial score (nSPS) is 16.9. The Bertz CT molecular complexity index is 958. The molecule has 1 saturated heterocycles. The van der Waals surface area contributed by atoms with Gasteiger partial charge in [-0.2, -0.15) is 0 Å². The number of rotatable bonds is 3. The summed E-state index contributed by atoms with van der Waals surface area (Å²) in [6.07, 6.45) is 3.57. The van der Waals surface area contributed by atoms with Crippen LogP contribution in [0.25, 0.3) is 0 Å². The molecule has 158 valence electrons. The number of piperidine rings is 1. The molecule has 0 atom stereocenters. The van der Waals surface area contributed by atoms with E-state index in [9.17, 15) is 14.4 Å². The average Bonchev–Trinajstić information content (AvgIpc) is 3.15. The smallest absolute Gasteiger partial charge is 0.328 e. The van der Waals surface area contributed by atoms with Gasteiger partial charge >= 0.3 is 11.9 Å². The number of hydrogen-bond acceptors (Lipinski definition) is 6. The summed E-state index contributed by atoms with van der Waals surface area (Å²) in [5, 5.41) is 17.6. The second-order valence-electron chi connectivity index (χ2n) is 7.24. The quantitative estimate of drug-likeness (QED) is 0.687. The van der Waals surface area contributed by atoms with Crippen molar-refractivity contribution in [3.63, 3.8) is 0 Å². The van der Waals surface area contributed by atoms with Gasteiger partial charge in [0.05, 0.1) is 4.21 Å². The first kappa shape index (κ1) is 22.3. The Morgan fingerprint density at radius 1 is 1.07 bits per heavy atom. The Balaban J connectivity index is 0.000000275. The Kier molecular flexibility index (Phi) is 7.47. The number of carbonyl (C=O) groups is 3. The van der Waals surface area contributed by atoms with Crippen LogP contribution < -0.4 is 0 Å². The van der Waals surface area contributed by atoms with Gasteiger partial charge in [0.15, 0.2) is 5.78 Å². The lowest BCUT2D eigenvalue weighted by atomic mass is 9.87. The molecule has 0 aliphatic carbocycles. The monoisotopic (exact) mass is 445 g/mol. The molecule has 2 aromatic rings. The summed E-state index contributed by atoms with van der Waals surface area (Å²) in [6, 6.07) is 8.52. The van der Waals surface area contributed by atoms with E-state index in [4.69, 9.17) is 10.2 Å².